The van der Waals surface area contributed by atoms with E-state index in [-0.39, 0.29) is 24.8 Å². The molecule has 0 spiro atoms. The summed E-state index contributed by atoms with van der Waals surface area (Å²) in [4.78, 5) is 2.19. The van der Waals surface area contributed by atoms with Crippen LogP contribution >= 0.6 is 36.4 Å². The van der Waals surface area contributed by atoms with Gasteiger partial charge in [0, 0.05) is 6.54 Å². The Hall–Kier alpha value is -0.190. The molecular formula is C14H25Cl3N2O. The van der Waals surface area contributed by atoms with Crippen LogP contribution in [0.25, 0.3) is 0 Å². The topological polar surface area (TPSA) is 24.5 Å². The van der Waals surface area contributed by atoms with E-state index in [4.69, 9.17) is 16.3 Å². The first-order chi connectivity index (χ1) is 8.63. The smallest absolute Gasteiger partial charge is 0.137 e. The molecule has 118 valence electrons. The number of nitrogens with zero attached hydrogens (tertiary/aromatic N) is 1. The van der Waals surface area contributed by atoms with Crippen molar-refractivity contribution in [2.75, 3.05) is 33.8 Å². The van der Waals surface area contributed by atoms with Crippen molar-refractivity contribution in [3.05, 3.63) is 28.8 Å². The maximum absolute atomic E-state index is 6.13. The summed E-state index contributed by atoms with van der Waals surface area (Å²) in [6.07, 6.45) is 1.15. The summed E-state index contributed by atoms with van der Waals surface area (Å²) < 4.78 is 5.40. The van der Waals surface area contributed by atoms with Crippen molar-refractivity contribution in [3.63, 3.8) is 0 Å². The third-order valence-electron chi connectivity index (χ3n) is 2.58. The molecule has 0 saturated heterocycles. The van der Waals surface area contributed by atoms with Gasteiger partial charge >= 0.3 is 0 Å². The highest BCUT2D eigenvalue weighted by Gasteiger charge is 2.02. The van der Waals surface area contributed by atoms with Gasteiger partial charge in [-0.15, -0.1) is 24.8 Å². The van der Waals surface area contributed by atoms with Crippen molar-refractivity contribution < 1.29 is 4.74 Å². The summed E-state index contributed by atoms with van der Waals surface area (Å²) in [5.74, 6) is 0.760. The molecule has 0 radical (unpaired) electrons. The van der Waals surface area contributed by atoms with Crippen molar-refractivity contribution in [1.82, 2.24) is 10.2 Å². The highest BCUT2D eigenvalue weighted by Crippen LogP contribution is 2.25. The second-order valence-electron chi connectivity index (χ2n) is 4.53. The van der Waals surface area contributed by atoms with Crippen LogP contribution in [0.15, 0.2) is 18.2 Å². The zero-order valence-corrected chi connectivity index (χ0v) is 14.7. The van der Waals surface area contributed by atoms with Crippen molar-refractivity contribution in [3.8, 4) is 5.75 Å². The van der Waals surface area contributed by atoms with Crippen molar-refractivity contribution in [1.29, 1.82) is 0 Å². The Balaban J connectivity index is 0. The summed E-state index contributed by atoms with van der Waals surface area (Å²) in [5, 5.41) is 4.09. The Labute approximate surface area is 139 Å². The lowest BCUT2D eigenvalue weighted by atomic mass is 10.2. The highest BCUT2D eigenvalue weighted by atomic mass is 35.5. The number of nitrogens with one attached hydrogen (secondary N) is 1. The van der Waals surface area contributed by atoms with Gasteiger partial charge in [-0.05, 0) is 58.2 Å². The lowest BCUT2D eigenvalue weighted by Crippen LogP contribution is -2.20. The quantitative estimate of drug-likeness (QED) is 0.730. The van der Waals surface area contributed by atoms with Crippen LogP contribution in [0, 0.1) is 0 Å². The third kappa shape index (κ3) is 8.88. The molecule has 0 aliphatic carbocycles. The van der Waals surface area contributed by atoms with E-state index in [0.717, 1.165) is 31.8 Å². The molecule has 0 saturated carbocycles. The van der Waals surface area contributed by atoms with Crippen molar-refractivity contribution >= 4 is 36.4 Å². The van der Waals surface area contributed by atoms with Crippen LogP contribution in [0.2, 0.25) is 5.02 Å². The molecule has 0 aliphatic heterocycles. The van der Waals surface area contributed by atoms with E-state index in [1.807, 2.05) is 19.1 Å². The molecule has 0 aliphatic rings. The van der Waals surface area contributed by atoms with Gasteiger partial charge in [-0.3, -0.25) is 0 Å². The lowest BCUT2D eigenvalue weighted by Gasteiger charge is -2.11. The van der Waals surface area contributed by atoms with Crippen LogP contribution in [-0.2, 0) is 6.54 Å². The second kappa shape index (κ2) is 12.5. The molecule has 0 heterocycles. The van der Waals surface area contributed by atoms with Gasteiger partial charge in [0.15, 0.2) is 0 Å². The minimum Gasteiger partial charge on any atom is -0.492 e. The van der Waals surface area contributed by atoms with Gasteiger partial charge in [0.1, 0.15) is 5.75 Å². The average Bonchev–Trinajstić information content (AvgIpc) is 2.32. The van der Waals surface area contributed by atoms with Gasteiger partial charge in [-0.25, -0.2) is 0 Å². The predicted molar refractivity (Wildman–Crippen MR) is 92.0 cm³/mol. The largest absolute Gasteiger partial charge is 0.492 e. The number of halogens is 3. The van der Waals surface area contributed by atoms with Crippen LogP contribution in [0.5, 0.6) is 5.75 Å². The van der Waals surface area contributed by atoms with Gasteiger partial charge in [-0.1, -0.05) is 17.7 Å². The molecule has 0 unspecified atom stereocenters. The maximum atomic E-state index is 6.13. The molecule has 0 atom stereocenters. The highest BCUT2D eigenvalue weighted by molar-refractivity contribution is 6.32. The fourth-order valence-electron chi connectivity index (χ4n) is 1.68. The van der Waals surface area contributed by atoms with E-state index in [1.165, 1.54) is 5.56 Å². The van der Waals surface area contributed by atoms with Crippen LogP contribution < -0.4 is 10.1 Å². The van der Waals surface area contributed by atoms with Crippen LogP contribution in [-0.4, -0.2) is 38.7 Å². The van der Waals surface area contributed by atoms with Crippen LogP contribution in [0.1, 0.15) is 18.9 Å². The average molecular weight is 344 g/mol. The van der Waals surface area contributed by atoms with Gasteiger partial charge in [0.2, 0.25) is 0 Å². The SMILES string of the molecule is CCOc1ccc(CNCCCN(C)C)cc1Cl.Cl.Cl. The first-order valence-corrected chi connectivity index (χ1v) is 6.78. The summed E-state index contributed by atoms with van der Waals surface area (Å²) in [6.45, 7) is 5.57. The Morgan fingerprint density at radius 1 is 1.25 bits per heavy atom. The molecule has 0 bridgehead atoms. The summed E-state index contributed by atoms with van der Waals surface area (Å²) >= 11 is 6.13. The van der Waals surface area contributed by atoms with E-state index in [1.54, 1.807) is 0 Å². The number of hydrogen-bond donors (Lipinski definition) is 1. The molecular weight excluding hydrogens is 319 g/mol. The molecule has 0 aromatic heterocycles. The van der Waals surface area contributed by atoms with E-state index in [2.05, 4.69) is 30.4 Å². The molecule has 1 N–H and O–H groups in total. The number of ether oxygens (including phenoxy) is 1. The summed E-state index contributed by atoms with van der Waals surface area (Å²) in [6, 6.07) is 5.95. The monoisotopic (exact) mass is 342 g/mol. The van der Waals surface area contributed by atoms with E-state index >= 15 is 0 Å². The number of benzene rings is 1. The van der Waals surface area contributed by atoms with Crippen molar-refractivity contribution in [2.45, 2.75) is 19.9 Å². The Morgan fingerprint density at radius 2 is 1.95 bits per heavy atom. The lowest BCUT2D eigenvalue weighted by molar-refractivity contribution is 0.340. The van der Waals surface area contributed by atoms with Gasteiger partial charge in [0.05, 0.1) is 11.6 Å². The molecule has 6 heteroatoms. The minimum atomic E-state index is 0. The molecule has 0 amide bonds. The summed E-state index contributed by atoms with van der Waals surface area (Å²) in [7, 11) is 4.18. The summed E-state index contributed by atoms with van der Waals surface area (Å²) in [5.41, 5.74) is 1.19. The fraction of sp³-hybridized carbons (Fsp3) is 0.571. The fourth-order valence-corrected chi connectivity index (χ4v) is 1.94. The predicted octanol–water partition coefficient (Wildman–Crippen LogP) is 3.62. The number of rotatable bonds is 8. The first kappa shape index (κ1) is 22.1. The van der Waals surface area contributed by atoms with E-state index < -0.39 is 0 Å². The van der Waals surface area contributed by atoms with E-state index in [0.29, 0.717) is 11.6 Å². The maximum Gasteiger partial charge on any atom is 0.137 e. The molecule has 3 nitrogen and oxygen atoms in total. The Bertz CT molecular complexity index is 362. The van der Waals surface area contributed by atoms with Crippen LogP contribution in [0.3, 0.4) is 0 Å². The standard InChI is InChI=1S/C14H23ClN2O.2ClH/c1-4-18-14-7-6-12(10-13(14)15)11-16-8-5-9-17(2)3;;/h6-7,10,16H,4-5,8-9,11H2,1-3H3;2*1H. The molecule has 20 heavy (non-hydrogen) atoms. The Morgan fingerprint density at radius 3 is 2.50 bits per heavy atom. The van der Waals surface area contributed by atoms with Gasteiger partial charge in [0.25, 0.3) is 0 Å². The van der Waals surface area contributed by atoms with Gasteiger partial charge < -0.3 is 15.0 Å². The minimum absolute atomic E-state index is 0. The zero-order chi connectivity index (χ0) is 13.4. The molecule has 0 fully saturated rings. The molecule has 1 aromatic carbocycles. The van der Waals surface area contributed by atoms with Crippen molar-refractivity contribution in [2.24, 2.45) is 0 Å². The van der Waals surface area contributed by atoms with Crippen LogP contribution in [0.4, 0.5) is 0 Å². The first-order valence-electron chi connectivity index (χ1n) is 6.40. The number of hydrogen-bond acceptors (Lipinski definition) is 3. The second-order valence-corrected chi connectivity index (χ2v) is 4.94. The zero-order valence-electron chi connectivity index (χ0n) is 12.3. The Kier molecular flexibility index (Phi) is 13.9. The normalized spacial score (nSPS) is 9.85. The third-order valence-corrected chi connectivity index (χ3v) is 2.88. The molecule has 1 rings (SSSR count). The van der Waals surface area contributed by atoms with Gasteiger partial charge in [-0.2, -0.15) is 0 Å². The molecule has 1 aromatic rings. The van der Waals surface area contributed by atoms with E-state index in [9.17, 15) is 0 Å².